The summed E-state index contributed by atoms with van der Waals surface area (Å²) in [7, 11) is 0. The smallest absolute Gasteiger partial charge is 0.136 e. The predicted octanol–water partition coefficient (Wildman–Crippen LogP) is 14.9. The minimum Gasteiger partial charge on any atom is -0.456 e. The Morgan fingerprint density at radius 1 is 0.327 bits per heavy atom. The van der Waals surface area contributed by atoms with Crippen LogP contribution in [0.1, 0.15) is 0 Å². The zero-order chi connectivity index (χ0) is 34.2. The molecule has 0 saturated carbocycles. The number of rotatable bonds is 4. The molecule has 2 heteroatoms. The summed E-state index contributed by atoms with van der Waals surface area (Å²) in [6.45, 7) is 0. The third kappa shape index (κ3) is 4.28. The molecule has 242 valence electrons. The Morgan fingerprint density at radius 2 is 0.846 bits per heavy atom. The molecule has 0 aliphatic heterocycles. The summed E-state index contributed by atoms with van der Waals surface area (Å²) in [5.41, 5.74) is 10.4. The number of benzene rings is 9. The van der Waals surface area contributed by atoms with Crippen LogP contribution in [0.3, 0.4) is 0 Å². The Labute approximate surface area is 304 Å². The molecule has 0 spiro atoms. The van der Waals surface area contributed by atoms with Gasteiger partial charge in [0.2, 0.25) is 0 Å². The van der Waals surface area contributed by atoms with Crippen molar-refractivity contribution in [2.24, 2.45) is 0 Å². The summed E-state index contributed by atoms with van der Waals surface area (Å²) < 4.78 is 6.80. The number of hydrogen-bond acceptors (Lipinski definition) is 2. The molecule has 0 unspecified atom stereocenters. The maximum absolute atomic E-state index is 6.80. The summed E-state index contributed by atoms with van der Waals surface area (Å²) in [6, 6.07) is 63.9. The molecule has 0 fully saturated rings. The topological polar surface area (TPSA) is 13.1 Å². The second-order valence-corrected chi connectivity index (χ2v) is 14.5. The van der Waals surface area contributed by atoms with Gasteiger partial charge in [-0.05, 0) is 106 Å². The zero-order valence-corrected chi connectivity index (χ0v) is 29.0. The van der Waals surface area contributed by atoms with Crippen molar-refractivity contribution in [3.8, 4) is 43.8 Å². The lowest BCUT2D eigenvalue weighted by Gasteiger charge is -2.18. The van der Waals surface area contributed by atoms with Gasteiger partial charge in [-0.25, -0.2) is 0 Å². The van der Waals surface area contributed by atoms with Gasteiger partial charge in [-0.3, -0.25) is 0 Å². The molecule has 0 aliphatic rings. The van der Waals surface area contributed by atoms with Crippen molar-refractivity contribution in [2.45, 2.75) is 0 Å². The Morgan fingerprint density at radius 3 is 1.40 bits per heavy atom. The van der Waals surface area contributed by atoms with E-state index in [0.29, 0.717) is 0 Å². The molecule has 0 amide bonds. The minimum atomic E-state index is 0.893. The fourth-order valence-electron chi connectivity index (χ4n) is 8.65. The first-order valence-corrected chi connectivity index (χ1v) is 18.6. The average molecular weight is 679 g/mol. The SMILES string of the molecule is c1ccc(-c2c3ccccc3c(-c3cccc4oc5cc(-c6c7ccccc7c(-c7cccs7)c7ccccc67)ccc5c34)c3ccccc23)cc1. The lowest BCUT2D eigenvalue weighted by Crippen LogP contribution is -1.91. The van der Waals surface area contributed by atoms with Gasteiger partial charge < -0.3 is 4.42 Å². The summed E-state index contributed by atoms with van der Waals surface area (Å²) in [5.74, 6) is 0. The van der Waals surface area contributed by atoms with Gasteiger partial charge >= 0.3 is 0 Å². The third-order valence-electron chi connectivity index (χ3n) is 10.7. The summed E-state index contributed by atoms with van der Waals surface area (Å²) in [4.78, 5) is 1.29. The number of fused-ring (bicyclic) bond motifs is 7. The van der Waals surface area contributed by atoms with Crippen LogP contribution in [0.25, 0.3) is 109 Å². The molecule has 2 heterocycles. The van der Waals surface area contributed by atoms with Gasteiger partial charge in [0.25, 0.3) is 0 Å². The molecule has 11 aromatic rings. The van der Waals surface area contributed by atoms with Gasteiger partial charge in [0, 0.05) is 21.2 Å². The highest BCUT2D eigenvalue weighted by Gasteiger charge is 2.22. The first-order valence-electron chi connectivity index (χ1n) is 17.8. The largest absolute Gasteiger partial charge is 0.456 e. The minimum absolute atomic E-state index is 0.893. The maximum Gasteiger partial charge on any atom is 0.136 e. The van der Waals surface area contributed by atoms with Crippen LogP contribution < -0.4 is 0 Å². The molecular formula is C50H30OS. The third-order valence-corrected chi connectivity index (χ3v) is 11.6. The van der Waals surface area contributed by atoms with E-state index in [1.54, 1.807) is 11.3 Å². The second-order valence-electron chi connectivity index (χ2n) is 13.5. The van der Waals surface area contributed by atoms with Crippen molar-refractivity contribution in [1.82, 2.24) is 0 Å². The number of thiophene rings is 1. The van der Waals surface area contributed by atoms with Crippen molar-refractivity contribution in [2.75, 3.05) is 0 Å². The van der Waals surface area contributed by atoms with Gasteiger partial charge in [-0.15, -0.1) is 11.3 Å². The van der Waals surface area contributed by atoms with Crippen LogP contribution in [0.15, 0.2) is 186 Å². The highest BCUT2D eigenvalue weighted by Crippen LogP contribution is 2.49. The highest BCUT2D eigenvalue weighted by atomic mass is 32.1. The van der Waals surface area contributed by atoms with Crippen LogP contribution >= 0.6 is 11.3 Å². The van der Waals surface area contributed by atoms with E-state index in [1.165, 1.54) is 81.3 Å². The van der Waals surface area contributed by atoms with Crippen LogP contribution in [0, 0.1) is 0 Å². The van der Waals surface area contributed by atoms with Crippen LogP contribution in [-0.4, -0.2) is 0 Å². The molecule has 0 N–H and O–H groups in total. The first-order chi connectivity index (χ1) is 25.8. The lowest BCUT2D eigenvalue weighted by molar-refractivity contribution is 0.669. The molecule has 0 saturated heterocycles. The maximum atomic E-state index is 6.80. The summed E-state index contributed by atoms with van der Waals surface area (Å²) >= 11 is 1.80. The molecular weight excluding hydrogens is 649 g/mol. The molecule has 9 aromatic carbocycles. The number of hydrogen-bond donors (Lipinski definition) is 0. The van der Waals surface area contributed by atoms with Crippen molar-refractivity contribution in [3.63, 3.8) is 0 Å². The van der Waals surface area contributed by atoms with E-state index in [9.17, 15) is 0 Å². The van der Waals surface area contributed by atoms with Gasteiger partial charge in [0.05, 0.1) is 0 Å². The van der Waals surface area contributed by atoms with Crippen molar-refractivity contribution in [1.29, 1.82) is 0 Å². The van der Waals surface area contributed by atoms with E-state index < -0.39 is 0 Å². The van der Waals surface area contributed by atoms with Crippen LogP contribution in [-0.2, 0) is 0 Å². The quantitative estimate of drug-likeness (QED) is 0.169. The standard InChI is InChI=1S/C50H30OS/c1-2-14-31(15-3-1)46-33-16-4-8-20-37(33)48(38-21-9-5-17-34(38)46)42-24-12-25-43-49(42)41-28-27-32(30-44(41)51-43)47-35-18-6-10-22-39(35)50(45-26-13-29-52-45)40-23-11-7-19-36(40)47/h1-30H. The molecule has 0 bridgehead atoms. The molecule has 0 radical (unpaired) electrons. The predicted molar refractivity (Wildman–Crippen MR) is 223 cm³/mol. The van der Waals surface area contributed by atoms with Gasteiger partial charge in [-0.1, -0.05) is 152 Å². The molecule has 0 atom stereocenters. The fourth-order valence-corrected chi connectivity index (χ4v) is 9.45. The van der Waals surface area contributed by atoms with Gasteiger partial charge in [0.1, 0.15) is 11.2 Å². The Balaban J connectivity index is 1.19. The van der Waals surface area contributed by atoms with Crippen LogP contribution in [0.5, 0.6) is 0 Å². The highest BCUT2D eigenvalue weighted by molar-refractivity contribution is 7.13. The molecule has 1 nitrogen and oxygen atoms in total. The van der Waals surface area contributed by atoms with E-state index in [0.717, 1.165) is 27.5 Å². The van der Waals surface area contributed by atoms with Gasteiger partial charge in [-0.2, -0.15) is 0 Å². The first kappa shape index (κ1) is 29.3. The zero-order valence-electron chi connectivity index (χ0n) is 28.1. The van der Waals surface area contributed by atoms with Crippen LogP contribution in [0.2, 0.25) is 0 Å². The van der Waals surface area contributed by atoms with E-state index in [4.69, 9.17) is 4.42 Å². The summed E-state index contributed by atoms with van der Waals surface area (Å²) in [6.07, 6.45) is 0. The van der Waals surface area contributed by atoms with Crippen molar-refractivity contribution < 1.29 is 4.42 Å². The van der Waals surface area contributed by atoms with Crippen molar-refractivity contribution >= 4 is 76.4 Å². The van der Waals surface area contributed by atoms with Crippen LogP contribution in [0.4, 0.5) is 0 Å². The Bertz CT molecular complexity index is 3050. The summed E-state index contributed by atoms with van der Waals surface area (Å²) in [5, 5.41) is 14.4. The van der Waals surface area contributed by atoms with E-state index >= 15 is 0 Å². The monoisotopic (exact) mass is 678 g/mol. The Hall–Kier alpha value is -6.48. The normalized spacial score (nSPS) is 11.8. The number of furan rings is 1. The van der Waals surface area contributed by atoms with Gasteiger partial charge in [0.15, 0.2) is 0 Å². The van der Waals surface area contributed by atoms with E-state index in [1.807, 2.05) is 0 Å². The van der Waals surface area contributed by atoms with Crippen molar-refractivity contribution in [3.05, 3.63) is 181 Å². The van der Waals surface area contributed by atoms with E-state index in [-0.39, 0.29) is 0 Å². The fraction of sp³-hybridized carbons (Fsp3) is 0. The molecule has 11 rings (SSSR count). The second kappa shape index (κ2) is 11.5. The molecule has 52 heavy (non-hydrogen) atoms. The van der Waals surface area contributed by atoms with E-state index in [2.05, 4.69) is 181 Å². The molecule has 2 aromatic heterocycles. The molecule has 0 aliphatic carbocycles. The average Bonchev–Trinajstić information content (AvgIpc) is 3.87. The lowest BCUT2D eigenvalue weighted by atomic mass is 9.85. The Kier molecular flexibility index (Phi) is 6.49.